The maximum absolute atomic E-state index is 10.2. The van der Waals surface area contributed by atoms with Crippen molar-refractivity contribution in [2.45, 2.75) is 25.8 Å². The molecule has 0 saturated carbocycles. The Morgan fingerprint density at radius 3 is 2.50 bits per heavy atom. The second-order valence-electron chi connectivity index (χ2n) is 7.80. The van der Waals surface area contributed by atoms with Crippen LogP contribution in [0.2, 0.25) is 0 Å². The first-order valence-electron chi connectivity index (χ1n) is 9.86. The van der Waals surface area contributed by atoms with Crippen LogP contribution < -0.4 is 4.74 Å². The Kier molecular flexibility index (Phi) is 5.55. The van der Waals surface area contributed by atoms with Crippen molar-refractivity contribution >= 4 is 11.0 Å². The first-order chi connectivity index (χ1) is 13.7. The number of aliphatic hydroxyl groups excluding tert-OH is 1. The molecule has 1 aliphatic rings. The zero-order valence-electron chi connectivity index (χ0n) is 16.3. The van der Waals surface area contributed by atoms with E-state index >= 15 is 0 Å². The first kappa shape index (κ1) is 18.8. The van der Waals surface area contributed by atoms with Crippen molar-refractivity contribution in [3.63, 3.8) is 0 Å². The number of piperidine rings is 1. The average Bonchev–Trinajstić information content (AvgIpc) is 2.76. The van der Waals surface area contributed by atoms with Crippen LogP contribution in [-0.4, -0.2) is 46.8 Å². The molecular weight excluding hydrogens is 350 g/mol. The molecule has 1 N–H and O–H groups in total. The Morgan fingerprint density at radius 2 is 1.79 bits per heavy atom. The third-order valence-electron chi connectivity index (χ3n) is 5.97. The molecule has 1 fully saturated rings. The molecule has 0 spiro atoms. The highest BCUT2D eigenvalue weighted by atomic mass is 16.5. The molecule has 0 radical (unpaired) electrons. The van der Waals surface area contributed by atoms with Crippen molar-refractivity contribution in [3.8, 4) is 5.75 Å². The van der Waals surface area contributed by atoms with E-state index in [1.165, 1.54) is 11.1 Å². The molecule has 0 atom stereocenters. The zero-order chi connectivity index (χ0) is 19.4. The highest BCUT2D eigenvalue weighted by Gasteiger charge is 2.34. The predicted octanol–water partition coefficient (Wildman–Crippen LogP) is 3.46. The minimum atomic E-state index is -0.0380. The highest BCUT2D eigenvalue weighted by molar-refractivity contribution is 5.77. The van der Waals surface area contributed by atoms with E-state index < -0.39 is 0 Å². The maximum Gasteiger partial charge on any atom is 0.118 e. The Bertz CT molecular complexity index is 913. The van der Waals surface area contributed by atoms with Crippen molar-refractivity contribution in [2.75, 3.05) is 26.8 Å². The summed E-state index contributed by atoms with van der Waals surface area (Å²) in [4.78, 5) is 11.4. The lowest BCUT2D eigenvalue weighted by atomic mass is 9.74. The number of fused-ring (bicyclic) bond motifs is 1. The third kappa shape index (κ3) is 4.01. The Balaban J connectivity index is 1.42. The number of benzene rings is 2. The summed E-state index contributed by atoms with van der Waals surface area (Å²) in [5.74, 6) is 0.870. The quantitative estimate of drug-likeness (QED) is 0.713. The molecule has 0 amide bonds. The Labute approximate surface area is 166 Å². The molecule has 2 aromatic carbocycles. The summed E-state index contributed by atoms with van der Waals surface area (Å²) in [5, 5.41) is 10.2. The van der Waals surface area contributed by atoms with E-state index in [9.17, 15) is 5.11 Å². The molecule has 1 aliphatic heterocycles. The van der Waals surface area contributed by atoms with Crippen LogP contribution in [0.3, 0.4) is 0 Å². The van der Waals surface area contributed by atoms with Gasteiger partial charge in [0.15, 0.2) is 0 Å². The molecule has 146 valence electrons. The van der Waals surface area contributed by atoms with Crippen LogP contribution in [0.15, 0.2) is 54.9 Å². The fourth-order valence-electron chi connectivity index (χ4n) is 4.17. The molecule has 0 unspecified atom stereocenters. The van der Waals surface area contributed by atoms with Gasteiger partial charge in [-0.05, 0) is 67.1 Å². The van der Waals surface area contributed by atoms with Gasteiger partial charge in [-0.25, -0.2) is 0 Å². The number of likely N-dealkylation sites (tertiary alicyclic amines) is 1. The van der Waals surface area contributed by atoms with E-state index in [0.717, 1.165) is 55.7 Å². The zero-order valence-corrected chi connectivity index (χ0v) is 16.3. The standard InChI is InChI=1S/C23H27N3O2/c1-28-20-7-5-18(6-8-20)15-23(17-27)9-13-26(14-10-23)16-19-3-2-4-21-22(19)25-12-11-24-21/h2-8,11-12,27H,9-10,13-17H2,1H3. The number of rotatable bonds is 6. The van der Waals surface area contributed by atoms with Crippen LogP contribution in [0.4, 0.5) is 0 Å². The molecule has 28 heavy (non-hydrogen) atoms. The van der Waals surface area contributed by atoms with E-state index in [-0.39, 0.29) is 12.0 Å². The fraction of sp³-hybridized carbons (Fsp3) is 0.391. The first-order valence-corrected chi connectivity index (χ1v) is 9.86. The summed E-state index contributed by atoms with van der Waals surface area (Å²) in [6.07, 6.45) is 6.38. The fourth-order valence-corrected chi connectivity index (χ4v) is 4.17. The summed E-state index contributed by atoms with van der Waals surface area (Å²) in [6, 6.07) is 14.4. The van der Waals surface area contributed by atoms with Gasteiger partial charge >= 0.3 is 0 Å². The van der Waals surface area contributed by atoms with Crippen molar-refractivity contribution in [1.29, 1.82) is 0 Å². The van der Waals surface area contributed by atoms with Gasteiger partial charge in [0.1, 0.15) is 5.75 Å². The van der Waals surface area contributed by atoms with Crippen LogP contribution >= 0.6 is 0 Å². The average molecular weight is 377 g/mol. The lowest BCUT2D eigenvalue weighted by Crippen LogP contribution is -2.42. The summed E-state index contributed by atoms with van der Waals surface area (Å²) in [7, 11) is 1.68. The lowest BCUT2D eigenvalue weighted by molar-refractivity contribution is 0.0415. The van der Waals surface area contributed by atoms with E-state index in [0.29, 0.717) is 0 Å². The molecular formula is C23H27N3O2. The highest BCUT2D eigenvalue weighted by Crippen LogP contribution is 2.35. The maximum atomic E-state index is 10.2. The van der Waals surface area contributed by atoms with E-state index in [2.05, 4.69) is 39.1 Å². The van der Waals surface area contributed by atoms with E-state index in [1.54, 1.807) is 19.5 Å². The molecule has 0 bridgehead atoms. The van der Waals surface area contributed by atoms with Crippen molar-refractivity contribution in [3.05, 3.63) is 66.0 Å². The minimum absolute atomic E-state index is 0.0380. The molecule has 0 aliphatic carbocycles. The van der Waals surface area contributed by atoms with Gasteiger partial charge in [0, 0.05) is 25.5 Å². The number of hydrogen-bond acceptors (Lipinski definition) is 5. The van der Waals surface area contributed by atoms with Crippen LogP contribution in [0, 0.1) is 5.41 Å². The molecule has 3 aromatic rings. The number of para-hydroxylation sites is 1. The molecule has 5 nitrogen and oxygen atoms in total. The van der Waals surface area contributed by atoms with E-state index in [4.69, 9.17) is 4.74 Å². The second-order valence-corrected chi connectivity index (χ2v) is 7.80. The van der Waals surface area contributed by atoms with Gasteiger partial charge in [-0.15, -0.1) is 0 Å². The van der Waals surface area contributed by atoms with Crippen molar-refractivity contribution < 1.29 is 9.84 Å². The SMILES string of the molecule is COc1ccc(CC2(CO)CCN(Cc3cccc4nccnc34)CC2)cc1. The lowest BCUT2D eigenvalue weighted by Gasteiger charge is -2.41. The van der Waals surface area contributed by atoms with Crippen molar-refractivity contribution in [2.24, 2.45) is 5.41 Å². The van der Waals surface area contributed by atoms with Crippen molar-refractivity contribution in [1.82, 2.24) is 14.9 Å². The summed E-state index contributed by atoms with van der Waals surface area (Å²) < 4.78 is 5.25. The molecule has 5 heteroatoms. The number of nitrogens with zero attached hydrogens (tertiary/aromatic N) is 3. The number of ether oxygens (including phenoxy) is 1. The Morgan fingerprint density at radius 1 is 1.04 bits per heavy atom. The largest absolute Gasteiger partial charge is 0.497 e. The smallest absolute Gasteiger partial charge is 0.118 e. The van der Waals surface area contributed by atoms with Gasteiger partial charge < -0.3 is 9.84 Å². The van der Waals surface area contributed by atoms with Gasteiger partial charge in [0.05, 0.1) is 18.1 Å². The molecule has 4 rings (SSSR count). The van der Waals surface area contributed by atoms with Crippen LogP contribution in [0.5, 0.6) is 5.75 Å². The van der Waals surface area contributed by atoms with Gasteiger partial charge in [0.25, 0.3) is 0 Å². The number of hydrogen-bond donors (Lipinski definition) is 1. The van der Waals surface area contributed by atoms with Gasteiger partial charge in [-0.1, -0.05) is 24.3 Å². The van der Waals surface area contributed by atoms with Crippen LogP contribution in [0.1, 0.15) is 24.0 Å². The van der Waals surface area contributed by atoms with Gasteiger partial charge in [-0.3, -0.25) is 14.9 Å². The number of aromatic nitrogens is 2. The Hall–Kier alpha value is -2.50. The van der Waals surface area contributed by atoms with Crippen LogP contribution in [-0.2, 0) is 13.0 Å². The topological polar surface area (TPSA) is 58.5 Å². The molecule has 1 saturated heterocycles. The normalized spacial score (nSPS) is 16.9. The molecule has 1 aromatic heterocycles. The van der Waals surface area contributed by atoms with Gasteiger partial charge in [0.2, 0.25) is 0 Å². The predicted molar refractivity (Wildman–Crippen MR) is 110 cm³/mol. The third-order valence-corrected chi connectivity index (χ3v) is 5.97. The number of methoxy groups -OCH3 is 1. The molecule has 2 heterocycles. The summed E-state index contributed by atoms with van der Waals surface area (Å²) in [6.45, 7) is 3.06. The number of aliphatic hydroxyl groups is 1. The second kappa shape index (κ2) is 8.25. The van der Waals surface area contributed by atoms with Crippen LogP contribution in [0.25, 0.3) is 11.0 Å². The summed E-state index contributed by atoms with van der Waals surface area (Å²) in [5.41, 5.74) is 4.37. The summed E-state index contributed by atoms with van der Waals surface area (Å²) >= 11 is 0. The van der Waals surface area contributed by atoms with E-state index in [1.807, 2.05) is 18.2 Å². The minimum Gasteiger partial charge on any atom is -0.497 e. The monoisotopic (exact) mass is 377 g/mol. The van der Waals surface area contributed by atoms with Gasteiger partial charge in [-0.2, -0.15) is 0 Å².